The second kappa shape index (κ2) is 5.57. The first-order valence-electron chi connectivity index (χ1n) is 6.50. The minimum Gasteiger partial charge on any atom is -0.334 e. The van der Waals surface area contributed by atoms with Gasteiger partial charge in [0.25, 0.3) is 0 Å². The van der Waals surface area contributed by atoms with Crippen LogP contribution in [0.1, 0.15) is 11.1 Å². The van der Waals surface area contributed by atoms with Crippen LogP contribution in [0.2, 0.25) is 0 Å². The van der Waals surface area contributed by atoms with Gasteiger partial charge in [-0.2, -0.15) is 4.98 Å². The van der Waals surface area contributed by atoms with E-state index >= 15 is 0 Å². The first-order valence-corrected chi connectivity index (χ1v) is 6.50. The highest BCUT2D eigenvalue weighted by atomic mass is 16.5. The predicted octanol–water partition coefficient (Wildman–Crippen LogP) is 3.66. The number of aryl methyl sites for hydroxylation is 1. The maximum atomic E-state index is 5.20. The van der Waals surface area contributed by atoms with Crippen LogP contribution in [-0.2, 0) is 6.54 Å². The molecule has 0 aliphatic carbocycles. The SMILES string of the molecule is Cc1ccc(-c2noc(NCc3ccccc3)n2)cc1. The molecular weight excluding hydrogens is 250 g/mol. The number of rotatable bonds is 4. The second-order valence-corrected chi connectivity index (χ2v) is 4.63. The molecule has 0 spiro atoms. The van der Waals surface area contributed by atoms with E-state index in [-0.39, 0.29) is 0 Å². The standard InChI is InChI=1S/C16H15N3O/c1-12-7-9-14(10-8-12)15-18-16(20-19-15)17-11-13-5-3-2-4-6-13/h2-10H,11H2,1H3,(H,17,18,19). The molecule has 100 valence electrons. The van der Waals surface area contributed by atoms with Gasteiger partial charge < -0.3 is 9.84 Å². The lowest BCUT2D eigenvalue weighted by molar-refractivity contribution is 0.432. The summed E-state index contributed by atoms with van der Waals surface area (Å²) in [6.45, 7) is 2.71. The van der Waals surface area contributed by atoms with E-state index in [2.05, 4.69) is 15.5 Å². The van der Waals surface area contributed by atoms with Gasteiger partial charge in [0.05, 0.1) is 0 Å². The zero-order valence-electron chi connectivity index (χ0n) is 11.2. The van der Waals surface area contributed by atoms with E-state index in [0.717, 1.165) is 5.56 Å². The summed E-state index contributed by atoms with van der Waals surface area (Å²) in [5.41, 5.74) is 3.33. The van der Waals surface area contributed by atoms with E-state index < -0.39 is 0 Å². The molecule has 0 saturated heterocycles. The van der Waals surface area contributed by atoms with Crippen LogP contribution >= 0.6 is 0 Å². The number of hydrogen-bond donors (Lipinski definition) is 1. The molecule has 1 aromatic heterocycles. The zero-order valence-corrected chi connectivity index (χ0v) is 11.2. The molecule has 0 radical (unpaired) electrons. The second-order valence-electron chi connectivity index (χ2n) is 4.63. The summed E-state index contributed by atoms with van der Waals surface area (Å²) in [5, 5.41) is 7.10. The Morgan fingerprint density at radius 2 is 1.75 bits per heavy atom. The van der Waals surface area contributed by atoms with E-state index in [9.17, 15) is 0 Å². The van der Waals surface area contributed by atoms with Gasteiger partial charge in [-0.3, -0.25) is 0 Å². The normalized spacial score (nSPS) is 10.4. The molecule has 20 heavy (non-hydrogen) atoms. The number of hydrogen-bond acceptors (Lipinski definition) is 4. The summed E-state index contributed by atoms with van der Waals surface area (Å²) in [7, 11) is 0. The van der Waals surface area contributed by atoms with Crippen LogP contribution in [-0.4, -0.2) is 10.1 Å². The van der Waals surface area contributed by atoms with Crippen molar-refractivity contribution < 1.29 is 4.52 Å². The zero-order chi connectivity index (χ0) is 13.8. The predicted molar refractivity (Wildman–Crippen MR) is 78.2 cm³/mol. The van der Waals surface area contributed by atoms with E-state index in [1.54, 1.807) is 0 Å². The molecule has 0 saturated carbocycles. The van der Waals surface area contributed by atoms with Crippen molar-refractivity contribution in [3.63, 3.8) is 0 Å². The molecule has 0 aliphatic rings. The van der Waals surface area contributed by atoms with Crippen LogP contribution < -0.4 is 5.32 Å². The minimum absolute atomic E-state index is 0.435. The average Bonchev–Trinajstić information content (AvgIpc) is 2.96. The Bertz CT molecular complexity index is 674. The quantitative estimate of drug-likeness (QED) is 0.782. The molecule has 0 atom stereocenters. The molecule has 4 heteroatoms. The lowest BCUT2D eigenvalue weighted by atomic mass is 10.1. The number of nitrogens with zero attached hydrogens (tertiary/aromatic N) is 2. The lowest BCUT2D eigenvalue weighted by Gasteiger charge is -2.00. The van der Waals surface area contributed by atoms with Crippen molar-refractivity contribution in [2.45, 2.75) is 13.5 Å². The molecule has 0 bridgehead atoms. The molecular formula is C16H15N3O. The molecule has 0 aliphatic heterocycles. The summed E-state index contributed by atoms with van der Waals surface area (Å²) in [5.74, 6) is 0.598. The lowest BCUT2D eigenvalue weighted by Crippen LogP contribution is -1.99. The highest BCUT2D eigenvalue weighted by molar-refractivity contribution is 5.55. The Morgan fingerprint density at radius 1 is 1.00 bits per heavy atom. The Balaban J connectivity index is 1.69. The maximum Gasteiger partial charge on any atom is 0.322 e. The molecule has 2 aromatic carbocycles. The van der Waals surface area contributed by atoms with Gasteiger partial charge in [0, 0.05) is 12.1 Å². The van der Waals surface area contributed by atoms with E-state index in [1.807, 2.05) is 61.5 Å². The highest BCUT2D eigenvalue weighted by Gasteiger charge is 2.07. The molecule has 0 amide bonds. The van der Waals surface area contributed by atoms with Gasteiger partial charge in [-0.15, -0.1) is 0 Å². The van der Waals surface area contributed by atoms with Gasteiger partial charge in [-0.05, 0) is 12.5 Å². The fourth-order valence-corrected chi connectivity index (χ4v) is 1.89. The van der Waals surface area contributed by atoms with Gasteiger partial charge in [0.15, 0.2) is 0 Å². The first-order chi connectivity index (χ1) is 9.81. The highest BCUT2D eigenvalue weighted by Crippen LogP contribution is 2.18. The van der Waals surface area contributed by atoms with Crippen LogP contribution in [0.25, 0.3) is 11.4 Å². The van der Waals surface area contributed by atoms with E-state index in [1.165, 1.54) is 11.1 Å². The Hall–Kier alpha value is -2.62. The summed E-state index contributed by atoms with van der Waals surface area (Å²) in [6.07, 6.45) is 0. The van der Waals surface area contributed by atoms with Crippen molar-refractivity contribution in [1.29, 1.82) is 0 Å². The smallest absolute Gasteiger partial charge is 0.322 e. The van der Waals surface area contributed by atoms with Crippen molar-refractivity contribution >= 4 is 6.01 Å². The van der Waals surface area contributed by atoms with Crippen molar-refractivity contribution in [3.05, 3.63) is 65.7 Å². The third-order valence-electron chi connectivity index (χ3n) is 3.02. The Kier molecular flexibility index (Phi) is 3.46. The average molecular weight is 265 g/mol. The van der Waals surface area contributed by atoms with Gasteiger partial charge >= 0.3 is 6.01 Å². The monoisotopic (exact) mass is 265 g/mol. The maximum absolute atomic E-state index is 5.20. The van der Waals surface area contributed by atoms with Crippen LogP contribution in [0.3, 0.4) is 0 Å². The Morgan fingerprint density at radius 3 is 2.50 bits per heavy atom. The van der Waals surface area contributed by atoms with Gasteiger partial charge in [0.2, 0.25) is 5.82 Å². The molecule has 4 nitrogen and oxygen atoms in total. The summed E-state index contributed by atoms with van der Waals surface area (Å²) in [6, 6.07) is 18.6. The van der Waals surface area contributed by atoms with Crippen LogP contribution in [0, 0.1) is 6.92 Å². The molecule has 0 unspecified atom stereocenters. The Labute approximate surface area is 117 Å². The summed E-state index contributed by atoms with van der Waals surface area (Å²) < 4.78 is 5.20. The minimum atomic E-state index is 0.435. The fraction of sp³-hybridized carbons (Fsp3) is 0.125. The summed E-state index contributed by atoms with van der Waals surface area (Å²) in [4.78, 5) is 4.34. The van der Waals surface area contributed by atoms with Crippen molar-refractivity contribution in [3.8, 4) is 11.4 Å². The molecule has 3 rings (SSSR count). The number of benzene rings is 2. The fourth-order valence-electron chi connectivity index (χ4n) is 1.89. The van der Waals surface area contributed by atoms with Crippen LogP contribution in [0.5, 0.6) is 0 Å². The first kappa shape index (κ1) is 12.4. The van der Waals surface area contributed by atoms with E-state index in [4.69, 9.17) is 4.52 Å². The third kappa shape index (κ3) is 2.85. The van der Waals surface area contributed by atoms with Gasteiger partial charge in [-0.25, -0.2) is 0 Å². The number of nitrogens with one attached hydrogen (secondary N) is 1. The molecule has 1 heterocycles. The van der Waals surface area contributed by atoms with Crippen molar-refractivity contribution in [1.82, 2.24) is 10.1 Å². The van der Waals surface area contributed by atoms with Crippen molar-refractivity contribution in [2.24, 2.45) is 0 Å². The van der Waals surface area contributed by atoms with Crippen molar-refractivity contribution in [2.75, 3.05) is 5.32 Å². The number of anilines is 1. The number of aromatic nitrogens is 2. The molecule has 1 N–H and O–H groups in total. The van der Waals surface area contributed by atoms with Gasteiger partial charge in [0.1, 0.15) is 0 Å². The molecule has 0 fully saturated rings. The summed E-state index contributed by atoms with van der Waals surface area (Å²) >= 11 is 0. The van der Waals surface area contributed by atoms with Crippen LogP contribution in [0.4, 0.5) is 6.01 Å². The largest absolute Gasteiger partial charge is 0.334 e. The van der Waals surface area contributed by atoms with Gasteiger partial charge in [-0.1, -0.05) is 65.3 Å². The third-order valence-corrected chi connectivity index (χ3v) is 3.02. The topological polar surface area (TPSA) is 51.0 Å². The molecule has 3 aromatic rings. The van der Waals surface area contributed by atoms with Crippen LogP contribution in [0.15, 0.2) is 59.1 Å². The van der Waals surface area contributed by atoms with E-state index in [0.29, 0.717) is 18.4 Å².